The van der Waals surface area contributed by atoms with Crippen LogP contribution in [0.15, 0.2) is 35.7 Å². The quantitative estimate of drug-likeness (QED) is 0.423. The fraction of sp³-hybridized carbons (Fsp3) is 0. The number of aromatic nitrogens is 4. The Hall–Kier alpha value is -8.14. The van der Waals surface area contributed by atoms with Crippen molar-refractivity contribution >= 4 is 34.7 Å². The Morgan fingerprint density at radius 3 is 1.09 bits per heavy atom. The average molecular weight is 564 g/mol. The molecule has 0 spiro atoms. The highest BCUT2D eigenvalue weighted by Gasteiger charge is 2.26. The van der Waals surface area contributed by atoms with Crippen molar-refractivity contribution in [1.82, 2.24) is 19.9 Å². The van der Waals surface area contributed by atoms with Gasteiger partial charge >= 0.3 is 0 Å². The number of fused-ring (bicyclic) bond motifs is 3. The van der Waals surface area contributed by atoms with Gasteiger partial charge in [0.25, 0.3) is 0 Å². The van der Waals surface area contributed by atoms with E-state index >= 15 is 0 Å². The average Bonchev–Trinajstić information content (AvgIpc) is 3.08. The van der Waals surface area contributed by atoms with E-state index in [0.717, 1.165) is 0 Å². The van der Waals surface area contributed by atoms with E-state index in [1.54, 1.807) is 48.6 Å². The van der Waals surface area contributed by atoms with Gasteiger partial charge in [0, 0.05) is 11.1 Å². The van der Waals surface area contributed by atoms with E-state index in [4.69, 9.17) is 0 Å². The van der Waals surface area contributed by atoms with Crippen molar-refractivity contribution in [3.05, 3.63) is 92.4 Å². The minimum absolute atomic E-state index is 0.131. The zero-order chi connectivity index (χ0) is 31.4. The van der Waals surface area contributed by atoms with Crippen LogP contribution in [-0.2, 0) is 0 Å². The van der Waals surface area contributed by atoms with Crippen LogP contribution in [0.3, 0.4) is 0 Å². The number of nitriles is 8. The van der Waals surface area contributed by atoms with Gasteiger partial charge in [0.15, 0.2) is 22.8 Å². The van der Waals surface area contributed by atoms with Crippen molar-refractivity contribution in [1.29, 1.82) is 42.1 Å². The molecule has 0 saturated heterocycles. The Morgan fingerprint density at radius 1 is 0.477 bits per heavy atom. The molecular formula is C30H8N14. The van der Waals surface area contributed by atoms with Crippen LogP contribution in [0.25, 0.3) is 23.3 Å². The number of anilines is 2. The summed E-state index contributed by atoms with van der Waals surface area (Å²) in [4.78, 5) is 15.4. The number of rotatable bonds is 2. The first-order chi connectivity index (χ1) is 21.4. The van der Waals surface area contributed by atoms with E-state index < -0.39 is 11.6 Å². The third kappa shape index (κ3) is 4.43. The van der Waals surface area contributed by atoms with Crippen LogP contribution in [0.5, 0.6) is 0 Å². The maximum absolute atomic E-state index is 10.1. The monoisotopic (exact) mass is 564 g/mol. The molecule has 198 valence electrons. The smallest absolute Gasteiger partial charge is 0.234 e. The lowest BCUT2D eigenvalue weighted by Crippen LogP contribution is -2.14. The van der Waals surface area contributed by atoms with Crippen LogP contribution < -0.4 is 10.6 Å². The molecule has 44 heavy (non-hydrogen) atoms. The number of allylic oxidation sites excluding steroid dienone is 4. The summed E-state index contributed by atoms with van der Waals surface area (Å²) in [6.45, 7) is 0. The van der Waals surface area contributed by atoms with Crippen LogP contribution in [0.1, 0.15) is 56.7 Å². The number of hydrogen-bond acceptors (Lipinski definition) is 14. The van der Waals surface area contributed by atoms with Crippen LogP contribution >= 0.6 is 0 Å². The molecule has 0 fully saturated rings. The van der Waals surface area contributed by atoms with E-state index in [-0.39, 0.29) is 56.4 Å². The van der Waals surface area contributed by atoms with Gasteiger partial charge in [0.2, 0.25) is 11.6 Å². The molecule has 0 saturated carbocycles. The zero-order valence-corrected chi connectivity index (χ0v) is 21.8. The molecule has 0 amide bonds. The molecule has 0 aliphatic carbocycles. The summed E-state index contributed by atoms with van der Waals surface area (Å²) in [6.07, 6.45) is 6.50. The highest BCUT2D eigenvalue weighted by molar-refractivity contribution is 5.99. The van der Waals surface area contributed by atoms with Crippen LogP contribution in [0.2, 0.25) is 0 Å². The highest BCUT2D eigenvalue weighted by Crippen LogP contribution is 2.41. The lowest BCUT2D eigenvalue weighted by molar-refractivity contribution is 1.06. The molecule has 2 aromatic heterocycles. The molecule has 5 rings (SSSR count). The molecule has 0 radical (unpaired) electrons. The van der Waals surface area contributed by atoms with Crippen molar-refractivity contribution in [3.63, 3.8) is 0 Å². The first-order valence-corrected chi connectivity index (χ1v) is 12.1. The molecule has 14 nitrogen and oxygen atoms in total. The van der Waals surface area contributed by atoms with E-state index in [9.17, 15) is 42.1 Å². The largest absolute Gasteiger partial charge is 0.352 e. The topological polar surface area (TPSA) is 266 Å². The van der Waals surface area contributed by atoms with Gasteiger partial charge < -0.3 is 10.6 Å². The summed E-state index contributed by atoms with van der Waals surface area (Å²) in [6, 6.07) is 18.2. The van der Waals surface area contributed by atoms with E-state index in [1.165, 1.54) is 0 Å². The lowest BCUT2D eigenvalue weighted by Gasteiger charge is -2.26. The fourth-order valence-corrected chi connectivity index (χ4v) is 4.49. The number of nitrogens with zero attached hydrogens (tertiary/aromatic N) is 12. The normalized spacial score (nSPS) is 14.0. The second-order valence-corrected chi connectivity index (χ2v) is 8.62. The molecule has 1 aromatic carbocycles. The van der Waals surface area contributed by atoms with Gasteiger partial charge in [-0.05, 0) is 12.2 Å². The van der Waals surface area contributed by atoms with E-state index in [0.29, 0.717) is 22.5 Å². The van der Waals surface area contributed by atoms with Gasteiger partial charge in [0.05, 0.1) is 45.0 Å². The molecule has 4 heterocycles. The Labute approximate surface area is 248 Å². The molecule has 14 heteroatoms. The van der Waals surface area contributed by atoms with Crippen molar-refractivity contribution in [2.24, 2.45) is 0 Å². The molecule has 3 aromatic rings. The molecule has 0 unspecified atom stereocenters. The second-order valence-electron chi connectivity index (χ2n) is 8.62. The summed E-state index contributed by atoms with van der Waals surface area (Å²) < 4.78 is 0. The summed E-state index contributed by atoms with van der Waals surface area (Å²) in [7, 11) is 0. The summed E-state index contributed by atoms with van der Waals surface area (Å²) >= 11 is 0. The van der Waals surface area contributed by atoms with Gasteiger partial charge in [-0.15, -0.1) is 0 Å². The molecule has 2 N–H and O–H groups in total. The lowest BCUT2D eigenvalue weighted by atomic mass is 9.94. The zero-order valence-electron chi connectivity index (χ0n) is 21.8. The van der Waals surface area contributed by atoms with Crippen LogP contribution in [0.4, 0.5) is 11.4 Å². The second kappa shape index (κ2) is 11.2. The summed E-state index contributed by atoms with van der Waals surface area (Å²) in [5.74, 6) is -0.794. The molecule has 2 aliphatic rings. The number of nitrogens with one attached hydrogen (secondary N) is 2. The van der Waals surface area contributed by atoms with Crippen molar-refractivity contribution in [2.75, 3.05) is 10.6 Å². The molecule has 0 bridgehead atoms. The number of hydrogen-bond donors (Lipinski definition) is 2. The van der Waals surface area contributed by atoms with Crippen molar-refractivity contribution in [2.45, 2.75) is 0 Å². The predicted molar refractivity (Wildman–Crippen MR) is 149 cm³/mol. The summed E-state index contributed by atoms with van der Waals surface area (Å²) in [5, 5.41) is 83.6. The first-order valence-electron chi connectivity index (χ1n) is 12.1. The van der Waals surface area contributed by atoms with Gasteiger partial charge in [-0.2, -0.15) is 42.1 Å². The molecule has 0 atom stereocenters. The van der Waals surface area contributed by atoms with E-state index in [1.807, 2.05) is 36.4 Å². The third-order valence-electron chi connectivity index (χ3n) is 6.35. The Balaban J connectivity index is 1.68. The predicted octanol–water partition coefficient (Wildman–Crippen LogP) is 3.24. The maximum atomic E-state index is 10.1. The van der Waals surface area contributed by atoms with Gasteiger partial charge in [-0.25, -0.2) is 19.9 Å². The Bertz CT molecular complexity index is 2080. The van der Waals surface area contributed by atoms with Crippen LogP contribution in [-0.4, -0.2) is 19.9 Å². The third-order valence-corrected chi connectivity index (χ3v) is 6.35. The van der Waals surface area contributed by atoms with Crippen molar-refractivity contribution in [3.8, 4) is 48.6 Å². The molecular weight excluding hydrogens is 556 g/mol. The Morgan fingerprint density at radius 2 is 0.818 bits per heavy atom. The van der Waals surface area contributed by atoms with Gasteiger partial charge in [0.1, 0.15) is 48.6 Å². The fourth-order valence-electron chi connectivity index (χ4n) is 4.49. The minimum atomic E-state index is -0.397. The Kier molecular flexibility index (Phi) is 6.95. The van der Waals surface area contributed by atoms with Crippen LogP contribution in [0, 0.1) is 90.6 Å². The van der Waals surface area contributed by atoms with Gasteiger partial charge in [-0.3, -0.25) is 0 Å². The van der Waals surface area contributed by atoms with Gasteiger partial charge in [-0.1, -0.05) is 24.3 Å². The SMILES string of the molecule is N#C/C(=C1/C=Cc2ccc3c(c2N1)N/C(=C(\C#N)c1c(C#N)nc(C#N)nc1C#N)C=C3)c1c(C#N)nc(C#N)nc1C#N. The maximum Gasteiger partial charge on any atom is 0.234 e. The standard InChI is InChI=1S/C30H8N14/c31-7-17(27-21(9-33)39-25(13-37)40-22(27)10-34)19-5-3-15-1-2-16-4-6-20(44-30(16)29(15)43-19)18(8-32)28-23(11-35)41-26(14-38)42-24(28)12-36/h1-6,43-44H/b19-17+,20-18+. The van der Waals surface area contributed by atoms with E-state index in [2.05, 4.69) is 30.6 Å². The first kappa shape index (κ1) is 27.4. The molecule has 2 aliphatic heterocycles. The van der Waals surface area contributed by atoms with Crippen molar-refractivity contribution < 1.29 is 0 Å². The summed E-state index contributed by atoms with van der Waals surface area (Å²) in [5.41, 5.74) is 0.750. The minimum Gasteiger partial charge on any atom is -0.352 e. The highest BCUT2D eigenvalue weighted by atomic mass is 15.0. The number of benzene rings is 1.